The largest absolute Gasteiger partial charge is 0.393 e. The molecule has 0 bridgehead atoms. The Morgan fingerprint density at radius 3 is 2.61 bits per heavy atom. The van der Waals surface area contributed by atoms with Crippen LogP contribution in [0.3, 0.4) is 0 Å². The number of pyridine rings is 1. The lowest BCUT2D eigenvalue weighted by molar-refractivity contribution is 0.126. The molecule has 0 amide bonds. The number of hydrogen-bond donors (Lipinski definition) is 3. The van der Waals surface area contributed by atoms with Crippen LogP contribution in [0.5, 0.6) is 0 Å². The van der Waals surface area contributed by atoms with E-state index in [1.165, 1.54) is 18.3 Å². The summed E-state index contributed by atoms with van der Waals surface area (Å²) in [6.45, 7) is 0.418. The van der Waals surface area contributed by atoms with Crippen molar-refractivity contribution in [3.05, 3.63) is 65.7 Å². The van der Waals surface area contributed by atoms with Crippen molar-refractivity contribution in [1.29, 1.82) is 5.26 Å². The van der Waals surface area contributed by atoms with Gasteiger partial charge in [0.05, 0.1) is 18.0 Å². The van der Waals surface area contributed by atoms with Gasteiger partial charge in [0, 0.05) is 24.3 Å². The third-order valence-electron chi connectivity index (χ3n) is 5.39. The Labute approximate surface area is 180 Å². The summed E-state index contributed by atoms with van der Waals surface area (Å²) < 4.78 is 13.3. The van der Waals surface area contributed by atoms with E-state index >= 15 is 0 Å². The maximum Gasteiger partial charge on any atom is 0.224 e. The van der Waals surface area contributed by atoms with E-state index in [0.29, 0.717) is 23.9 Å². The van der Waals surface area contributed by atoms with Gasteiger partial charge in [-0.2, -0.15) is 10.2 Å². The highest BCUT2D eigenvalue weighted by molar-refractivity contribution is 5.63. The minimum Gasteiger partial charge on any atom is -0.393 e. The topological polar surface area (TPSA) is 107 Å². The molecular weight excluding hydrogens is 395 g/mol. The normalized spacial score (nSPS) is 18.2. The molecule has 1 fully saturated rings. The molecule has 4 rings (SSSR count). The highest BCUT2D eigenvalue weighted by Crippen LogP contribution is 2.25. The number of aliphatic hydroxyl groups is 1. The van der Waals surface area contributed by atoms with Crippen molar-refractivity contribution in [2.45, 2.75) is 44.4 Å². The van der Waals surface area contributed by atoms with Crippen molar-refractivity contribution in [2.24, 2.45) is 0 Å². The number of anilines is 2. The van der Waals surface area contributed by atoms with E-state index in [-0.39, 0.29) is 18.0 Å². The molecule has 0 atom stereocenters. The highest BCUT2D eigenvalue weighted by Gasteiger charge is 2.21. The van der Waals surface area contributed by atoms with Crippen molar-refractivity contribution in [1.82, 2.24) is 15.0 Å². The maximum atomic E-state index is 13.3. The monoisotopic (exact) mass is 418 g/mol. The van der Waals surface area contributed by atoms with Gasteiger partial charge in [0.1, 0.15) is 23.3 Å². The molecular formula is C23H23FN6O. The van der Waals surface area contributed by atoms with E-state index in [4.69, 9.17) is 0 Å². The van der Waals surface area contributed by atoms with Crippen LogP contribution in [0.25, 0.3) is 11.3 Å². The summed E-state index contributed by atoms with van der Waals surface area (Å²) in [5.74, 6) is 0.593. The summed E-state index contributed by atoms with van der Waals surface area (Å²) in [4.78, 5) is 13.2. The molecule has 2 heterocycles. The van der Waals surface area contributed by atoms with Gasteiger partial charge in [-0.25, -0.2) is 9.37 Å². The van der Waals surface area contributed by atoms with Crippen LogP contribution in [0.1, 0.15) is 36.8 Å². The number of rotatable bonds is 6. The lowest BCUT2D eigenvalue weighted by Gasteiger charge is -2.26. The van der Waals surface area contributed by atoms with Gasteiger partial charge in [-0.3, -0.25) is 4.98 Å². The van der Waals surface area contributed by atoms with Gasteiger partial charge in [-0.15, -0.1) is 0 Å². The van der Waals surface area contributed by atoms with Crippen molar-refractivity contribution in [2.75, 3.05) is 10.6 Å². The molecule has 31 heavy (non-hydrogen) atoms. The Bertz CT molecular complexity index is 1070. The van der Waals surface area contributed by atoms with Crippen LogP contribution < -0.4 is 10.6 Å². The number of nitrogens with one attached hydrogen (secondary N) is 2. The summed E-state index contributed by atoms with van der Waals surface area (Å²) >= 11 is 0. The Hall–Kier alpha value is -3.57. The van der Waals surface area contributed by atoms with E-state index in [1.807, 2.05) is 12.1 Å². The summed E-state index contributed by atoms with van der Waals surface area (Å²) in [7, 11) is 0. The predicted octanol–water partition coefficient (Wildman–Crippen LogP) is 3.88. The first-order valence-electron chi connectivity index (χ1n) is 10.3. The fraction of sp³-hybridized carbons (Fsp3) is 0.304. The molecule has 1 aliphatic carbocycles. The molecule has 1 aliphatic rings. The Morgan fingerprint density at radius 1 is 1.10 bits per heavy atom. The smallest absolute Gasteiger partial charge is 0.224 e. The van der Waals surface area contributed by atoms with Gasteiger partial charge < -0.3 is 15.7 Å². The van der Waals surface area contributed by atoms with Gasteiger partial charge in [0.25, 0.3) is 0 Å². The minimum absolute atomic E-state index is 0.168. The number of halogens is 1. The minimum atomic E-state index is -0.294. The van der Waals surface area contributed by atoms with Crippen LogP contribution >= 0.6 is 0 Å². The first-order valence-corrected chi connectivity index (χ1v) is 10.3. The average Bonchev–Trinajstić information content (AvgIpc) is 2.80. The van der Waals surface area contributed by atoms with Crippen molar-refractivity contribution in [3.8, 4) is 17.3 Å². The van der Waals surface area contributed by atoms with Crippen molar-refractivity contribution in [3.63, 3.8) is 0 Å². The molecule has 0 saturated heterocycles. The third kappa shape index (κ3) is 5.13. The zero-order valence-corrected chi connectivity index (χ0v) is 16.9. The number of hydrogen-bond acceptors (Lipinski definition) is 7. The zero-order chi connectivity index (χ0) is 21.6. The molecule has 0 unspecified atom stereocenters. The molecule has 1 aromatic carbocycles. The standard InChI is InChI=1S/C23H23FN6O/c24-18-5-3-15(4-6-18)21-16(2-1-11-26-21)13-27-23-28-14-17(12-25)22(30-23)29-19-7-9-20(31)10-8-19/h1-6,11,14,19-20,31H,7-10,13H2,(H2,27,28,29,30). The molecule has 0 spiro atoms. The molecule has 158 valence electrons. The summed E-state index contributed by atoms with van der Waals surface area (Å²) in [6.07, 6.45) is 6.09. The summed E-state index contributed by atoms with van der Waals surface area (Å²) in [6, 6.07) is 12.3. The number of nitriles is 1. The van der Waals surface area contributed by atoms with Crippen LogP contribution in [-0.2, 0) is 6.54 Å². The quantitative estimate of drug-likeness (QED) is 0.558. The average molecular weight is 418 g/mol. The van der Waals surface area contributed by atoms with Crippen LogP contribution in [0.2, 0.25) is 0 Å². The second-order valence-electron chi connectivity index (χ2n) is 7.59. The molecule has 1 saturated carbocycles. The maximum absolute atomic E-state index is 13.3. The van der Waals surface area contributed by atoms with Crippen LogP contribution in [0.4, 0.5) is 16.2 Å². The fourth-order valence-corrected chi connectivity index (χ4v) is 3.70. The van der Waals surface area contributed by atoms with Gasteiger partial charge in [-0.05, 0) is 61.6 Å². The summed E-state index contributed by atoms with van der Waals surface area (Å²) in [5, 5.41) is 25.6. The van der Waals surface area contributed by atoms with E-state index in [1.54, 1.807) is 18.3 Å². The van der Waals surface area contributed by atoms with E-state index in [2.05, 4.69) is 31.7 Å². The lowest BCUT2D eigenvalue weighted by Crippen LogP contribution is -2.29. The molecule has 0 radical (unpaired) electrons. The lowest BCUT2D eigenvalue weighted by atomic mass is 9.93. The van der Waals surface area contributed by atoms with Crippen LogP contribution in [0.15, 0.2) is 48.8 Å². The van der Waals surface area contributed by atoms with E-state index in [0.717, 1.165) is 42.5 Å². The first kappa shape index (κ1) is 20.7. The molecule has 7 nitrogen and oxygen atoms in total. The number of aliphatic hydroxyl groups excluding tert-OH is 1. The zero-order valence-electron chi connectivity index (χ0n) is 16.9. The van der Waals surface area contributed by atoms with Crippen molar-refractivity contribution < 1.29 is 9.50 Å². The van der Waals surface area contributed by atoms with Gasteiger partial charge in [0.15, 0.2) is 0 Å². The molecule has 0 aliphatic heterocycles. The van der Waals surface area contributed by atoms with Crippen LogP contribution in [-0.4, -0.2) is 32.2 Å². The predicted molar refractivity (Wildman–Crippen MR) is 116 cm³/mol. The Kier molecular flexibility index (Phi) is 6.34. The van der Waals surface area contributed by atoms with Crippen LogP contribution in [0, 0.1) is 17.1 Å². The fourth-order valence-electron chi connectivity index (χ4n) is 3.70. The van der Waals surface area contributed by atoms with E-state index in [9.17, 15) is 14.8 Å². The number of aromatic nitrogens is 3. The van der Waals surface area contributed by atoms with Gasteiger partial charge in [-0.1, -0.05) is 6.07 Å². The van der Waals surface area contributed by atoms with Gasteiger partial charge >= 0.3 is 0 Å². The number of benzene rings is 1. The second-order valence-corrected chi connectivity index (χ2v) is 7.59. The Balaban J connectivity index is 1.49. The molecule has 8 heteroatoms. The Morgan fingerprint density at radius 2 is 1.87 bits per heavy atom. The first-order chi connectivity index (χ1) is 15.1. The number of nitrogens with zero attached hydrogens (tertiary/aromatic N) is 4. The van der Waals surface area contributed by atoms with Gasteiger partial charge in [0.2, 0.25) is 5.95 Å². The van der Waals surface area contributed by atoms with E-state index < -0.39 is 0 Å². The summed E-state index contributed by atoms with van der Waals surface area (Å²) in [5.41, 5.74) is 2.87. The molecule has 3 aromatic rings. The van der Waals surface area contributed by atoms with Crippen molar-refractivity contribution >= 4 is 11.8 Å². The third-order valence-corrected chi connectivity index (χ3v) is 5.39. The highest BCUT2D eigenvalue weighted by atomic mass is 19.1. The second kappa shape index (κ2) is 9.49. The SMILES string of the molecule is N#Cc1cnc(NCc2cccnc2-c2ccc(F)cc2)nc1NC1CCC(O)CC1. The molecule has 2 aromatic heterocycles. The molecule has 3 N–H and O–H groups in total.